The van der Waals surface area contributed by atoms with Crippen LogP contribution in [0.25, 0.3) is 0 Å². The van der Waals surface area contributed by atoms with Crippen molar-refractivity contribution < 1.29 is 18.0 Å². The second kappa shape index (κ2) is 7.13. The fraction of sp³-hybridized carbons (Fsp3) is 0.474. The number of hydrogen-bond acceptors (Lipinski definition) is 3. The van der Waals surface area contributed by atoms with E-state index in [2.05, 4.69) is 16.9 Å². The van der Waals surface area contributed by atoms with Crippen LogP contribution >= 0.6 is 0 Å². The normalized spacial score (nSPS) is 21.0. The molecular formula is C19H22F3N3O. The average molecular weight is 365 g/mol. The number of nitrogens with zero attached hydrogens (tertiary/aromatic N) is 2. The van der Waals surface area contributed by atoms with Gasteiger partial charge >= 0.3 is 6.18 Å². The smallest absolute Gasteiger partial charge is 0.344 e. The quantitative estimate of drug-likeness (QED) is 0.794. The topological polar surface area (TPSA) is 45.2 Å². The number of allylic oxidation sites excluding steroid dienone is 2. The first kappa shape index (κ1) is 18.5. The Hall–Kier alpha value is -2.31. The van der Waals surface area contributed by atoms with Gasteiger partial charge in [-0.15, -0.1) is 0 Å². The lowest BCUT2D eigenvalue weighted by Gasteiger charge is -2.17. The number of aromatic nitrogens is 1. The SMILES string of the molecule is C=C(/C=C(\C)Nc1cc(C(F)(F)F)ccn1)C1CCN(C(=O)C2CC2)C1. The average Bonchev–Trinajstić information content (AvgIpc) is 3.29. The fourth-order valence-electron chi connectivity index (χ4n) is 3.16. The van der Waals surface area contributed by atoms with E-state index in [9.17, 15) is 18.0 Å². The van der Waals surface area contributed by atoms with Crippen molar-refractivity contribution in [3.05, 3.63) is 47.8 Å². The van der Waals surface area contributed by atoms with E-state index in [-0.39, 0.29) is 23.6 Å². The highest BCUT2D eigenvalue weighted by atomic mass is 19.4. The molecule has 140 valence electrons. The van der Waals surface area contributed by atoms with E-state index in [1.165, 1.54) is 0 Å². The van der Waals surface area contributed by atoms with Crippen LogP contribution in [-0.4, -0.2) is 28.9 Å². The predicted molar refractivity (Wildman–Crippen MR) is 93.2 cm³/mol. The molecule has 3 rings (SSSR count). The van der Waals surface area contributed by atoms with Crippen LogP contribution in [0.2, 0.25) is 0 Å². The Kier molecular flexibility index (Phi) is 5.07. The molecule has 1 unspecified atom stereocenters. The number of carbonyl (C=O) groups is 1. The van der Waals surface area contributed by atoms with Crippen molar-refractivity contribution in [3.63, 3.8) is 0 Å². The van der Waals surface area contributed by atoms with Crippen LogP contribution in [0.15, 0.2) is 42.3 Å². The first-order valence-corrected chi connectivity index (χ1v) is 8.70. The maximum absolute atomic E-state index is 12.8. The van der Waals surface area contributed by atoms with Gasteiger partial charge < -0.3 is 10.2 Å². The molecule has 26 heavy (non-hydrogen) atoms. The maximum Gasteiger partial charge on any atom is 0.416 e. The van der Waals surface area contributed by atoms with E-state index in [0.717, 1.165) is 49.7 Å². The molecule has 1 atom stereocenters. The highest BCUT2D eigenvalue weighted by Gasteiger charge is 2.36. The Balaban J connectivity index is 1.59. The summed E-state index contributed by atoms with van der Waals surface area (Å²) in [4.78, 5) is 17.9. The highest BCUT2D eigenvalue weighted by molar-refractivity contribution is 5.81. The minimum atomic E-state index is -4.40. The molecule has 2 fully saturated rings. The molecule has 1 aliphatic carbocycles. The number of rotatable bonds is 5. The van der Waals surface area contributed by atoms with Crippen LogP contribution in [0.3, 0.4) is 0 Å². The molecule has 2 heterocycles. The van der Waals surface area contributed by atoms with Gasteiger partial charge in [0.25, 0.3) is 0 Å². The van der Waals surface area contributed by atoms with Gasteiger partial charge in [-0.3, -0.25) is 4.79 Å². The van der Waals surface area contributed by atoms with Crippen molar-refractivity contribution in [1.29, 1.82) is 0 Å². The highest BCUT2D eigenvalue weighted by Crippen LogP contribution is 2.34. The lowest BCUT2D eigenvalue weighted by Crippen LogP contribution is -2.30. The molecule has 0 bridgehead atoms. The predicted octanol–water partition coefficient (Wildman–Crippen LogP) is 4.23. The van der Waals surface area contributed by atoms with Crippen LogP contribution in [0.4, 0.5) is 19.0 Å². The third kappa shape index (κ3) is 4.45. The zero-order valence-corrected chi connectivity index (χ0v) is 14.6. The minimum absolute atomic E-state index is 0.137. The number of nitrogens with one attached hydrogen (secondary N) is 1. The zero-order chi connectivity index (χ0) is 18.9. The molecule has 2 aliphatic rings. The van der Waals surface area contributed by atoms with Crippen LogP contribution < -0.4 is 5.32 Å². The fourth-order valence-corrected chi connectivity index (χ4v) is 3.16. The number of halogens is 3. The number of amides is 1. The van der Waals surface area contributed by atoms with Crippen molar-refractivity contribution >= 4 is 11.7 Å². The van der Waals surface area contributed by atoms with Crippen LogP contribution in [0.1, 0.15) is 31.7 Å². The Labute approximate surface area is 150 Å². The summed E-state index contributed by atoms with van der Waals surface area (Å²) in [7, 11) is 0. The summed E-state index contributed by atoms with van der Waals surface area (Å²) in [5, 5.41) is 2.88. The Bertz CT molecular complexity index is 738. The summed E-state index contributed by atoms with van der Waals surface area (Å²) < 4.78 is 38.3. The van der Waals surface area contributed by atoms with Gasteiger partial charge in [0, 0.05) is 36.8 Å². The van der Waals surface area contributed by atoms with E-state index in [1.807, 2.05) is 11.0 Å². The molecule has 1 aromatic heterocycles. The molecule has 1 aromatic rings. The van der Waals surface area contributed by atoms with E-state index in [1.54, 1.807) is 6.92 Å². The number of alkyl halides is 3. The summed E-state index contributed by atoms with van der Waals surface area (Å²) in [6, 6.07) is 1.92. The van der Waals surface area contributed by atoms with Gasteiger partial charge in [-0.2, -0.15) is 13.2 Å². The Morgan fingerprint density at radius 1 is 1.35 bits per heavy atom. The number of likely N-dealkylation sites (tertiary alicyclic amines) is 1. The first-order chi connectivity index (χ1) is 12.2. The van der Waals surface area contributed by atoms with Crippen molar-refractivity contribution in [2.75, 3.05) is 18.4 Å². The lowest BCUT2D eigenvalue weighted by molar-refractivity contribution is -0.137. The van der Waals surface area contributed by atoms with Gasteiger partial charge in [0.2, 0.25) is 5.91 Å². The minimum Gasteiger partial charge on any atom is -0.344 e. The second-order valence-corrected chi connectivity index (χ2v) is 7.00. The van der Waals surface area contributed by atoms with Crippen LogP contribution in [0, 0.1) is 11.8 Å². The van der Waals surface area contributed by atoms with Crippen LogP contribution in [0.5, 0.6) is 0 Å². The molecule has 1 saturated carbocycles. The van der Waals surface area contributed by atoms with Gasteiger partial charge in [0.15, 0.2) is 0 Å². The zero-order valence-electron chi connectivity index (χ0n) is 14.6. The summed E-state index contributed by atoms with van der Waals surface area (Å²) in [5.41, 5.74) is 0.786. The first-order valence-electron chi connectivity index (χ1n) is 8.70. The number of pyridine rings is 1. The number of hydrogen-bond donors (Lipinski definition) is 1. The molecule has 0 radical (unpaired) electrons. The van der Waals surface area contributed by atoms with E-state index in [0.29, 0.717) is 12.2 Å². The van der Waals surface area contributed by atoms with E-state index in [4.69, 9.17) is 0 Å². The summed E-state index contributed by atoms with van der Waals surface area (Å²) in [5.74, 6) is 0.780. The van der Waals surface area contributed by atoms with Crippen molar-refractivity contribution in [1.82, 2.24) is 9.88 Å². The summed E-state index contributed by atoms with van der Waals surface area (Å²) >= 11 is 0. The van der Waals surface area contributed by atoms with E-state index < -0.39 is 11.7 Å². The molecule has 4 nitrogen and oxygen atoms in total. The monoisotopic (exact) mass is 365 g/mol. The molecule has 1 N–H and O–H groups in total. The molecule has 1 saturated heterocycles. The third-order valence-electron chi connectivity index (χ3n) is 4.77. The van der Waals surface area contributed by atoms with Crippen molar-refractivity contribution in [3.8, 4) is 0 Å². The molecule has 7 heteroatoms. The number of carbonyl (C=O) groups excluding carboxylic acids is 1. The van der Waals surface area contributed by atoms with Gasteiger partial charge in [-0.1, -0.05) is 6.58 Å². The van der Waals surface area contributed by atoms with Gasteiger partial charge in [-0.05, 0) is 50.0 Å². The lowest BCUT2D eigenvalue weighted by atomic mass is 9.99. The van der Waals surface area contributed by atoms with Crippen molar-refractivity contribution in [2.45, 2.75) is 32.4 Å². The molecule has 1 amide bonds. The summed E-state index contributed by atoms with van der Waals surface area (Å²) in [6.45, 7) is 7.24. The van der Waals surface area contributed by atoms with Gasteiger partial charge in [-0.25, -0.2) is 4.98 Å². The van der Waals surface area contributed by atoms with Gasteiger partial charge in [0.05, 0.1) is 5.56 Å². The maximum atomic E-state index is 12.8. The molecule has 0 spiro atoms. The van der Waals surface area contributed by atoms with Crippen LogP contribution in [-0.2, 0) is 11.0 Å². The standard InChI is InChI=1S/C19H22F3N3O/c1-12(15-6-8-25(11-15)18(26)14-3-4-14)9-13(2)24-17-10-16(5-7-23-17)19(20,21)22/h5,7,9-10,14-15H,1,3-4,6,8,11H2,2H3,(H,23,24)/b13-9+. The third-order valence-corrected chi connectivity index (χ3v) is 4.77. The molecule has 0 aromatic carbocycles. The Morgan fingerprint density at radius 2 is 2.08 bits per heavy atom. The van der Waals surface area contributed by atoms with Crippen molar-refractivity contribution in [2.24, 2.45) is 11.8 Å². The van der Waals surface area contributed by atoms with E-state index >= 15 is 0 Å². The molecule has 1 aliphatic heterocycles. The molecular weight excluding hydrogens is 343 g/mol. The number of anilines is 1. The van der Waals surface area contributed by atoms with Gasteiger partial charge in [0.1, 0.15) is 5.82 Å². The largest absolute Gasteiger partial charge is 0.416 e. The second-order valence-electron chi connectivity index (χ2n) is 7.00. The Morgan fingerprint density at radius 3 is 2.73 bits per heavy atom. The summed E-state index contributed by atoms with van der Waals surface area (Å²) in [6.07, 6.45) is 1.40.